The molecule has 0 spiro atoms. The van der Waals surface area contributed by atoms with E-state index in [1.807, 2.05) is 19.1 Å². The van der Waals surface area contributed by atoms with Crippen LogP contribution in [-0.2, 0) is 0 Å². The molecule has 0 amide bonds. The number of rotatable bonds is 3. The molecule has 4 heteroatoms. The third-order valence-electron chi connectivity index (χ3n) is 2.51. The van der Waals surface area contributed by atoms with E-state index >= 15 is 0 Å². The van der Waals surface area contributed by atoms with Gasteiger partial charge in [-0.05, 0) is 58.7 Å². The van der Waals surface area contributed by atoms with Crippen LogP contribution in [0.25, 0.3) is 0 Å². The van der Waals surface area contributed by atoms with Crippen molar-refractivity contribution in [2.75, 3.05) is 0 Å². The standard InChI is InChI=1S/C14H13Br2NS/c1-9(17)10-5-6-14(13(16)7-10)18-12-4-2-3-11(15)8-12/h2-9H,17H2,1H3. The first-order valence-electron chi connectivity index (χ1n) is 5.54. The highest BCUT2D eigenvalue weighted by Crippen LogP contribution is 2.35. The summed E-state index contributed by atoms with van der Waals surface area (Å²) in [4.78, 5) is 2.40. The number of hydrogen-bond acceptors (Lipinski definition) is 2. The van der Waals surface area contributed by atoms with Gasteiger partial charge in [-0.2, -0.15) is 0 Å². The molecule has 0 saturated carbocycles. The zero-order chi connectivity index (χ0) is 13.1. The molecule has 2 aromatic rings. The summed E-state index contributed by atoms with van der Waals surface area (Å²) < 4.78 is 2.18. The first kappa shape index (κ1) is 14.1. The second-order valence-electron chi connectivity index (χ2n) is 4.04. The highest BCUT2D eigenvalue weighted by molar-refractivity contribution is 9.10. The molecule has 0 saturated heterocycles. The average molecular weight is 387 g/mol. The van der Waals surface area contributed by atoms with Crippen LogP contribution in [0.15, 0.2) is 61.2 Å². The van der Waals surface area contributed by atoms with Crippen LogP contribution in [0.4, 0.5) is 0 Å². The average Bonchev–Trinajstić information content (AvgIpc) is 2.31. The van der Waals surface area contributed by atoms with Gasteiger partial charge in [0, 0.05) is 24.8 Å². The van der Waals surface area contributed by atoms with Crippen molar-refractivity contribution in [1.82, 2.24) is 0 Å². The Hall–Kier alpha value is -0.290. The molecular weight excluding hydrogens is 374 g/mol. The van der Waals surface area contributed by atoms with Gasteiger partial charge in [0.1, 0.15) is 0 Å². The lowest BCUT2D eigenvalue weighted by Crippen LogP contribution is -2.04. The highest BCUT2D eigenvalue weighted by Gasteiger charge is 2.06. The summed E-state index contributed by atoms with van der Waals surface area (Å²) in [6, 6.07) is 14.6. The molecule has 2 aromatic carbocycles. The second-order valence-corrected chi connectivity index (χ2v) is 6.92. The lowest BCUT2D eigenvalue weighted by Gasteiger charge is -2.09. The van der Waals surface area contributed by atoms with E-state index in [4.69, 9.17) is 5.73 Å². The van der Waals surface area contributed by atoms with Crippen molar-refractivity contribution < 1.29 is 0 Å². The zero-order valence-electron chi connectivity index (χ0n) is 9.86. The largest absolute Gasteiger partial charge is 0.324 e. The van der Waals surface area contributed by atoms with Gasteiger partial charge < -0.3 is 5.73 Å². The monoisotopic (exact) mass is 385 g/mol. The molecule has 1 atom stereocenters. The topological polar surface area (TPSA) is 26.0 Å². The first-order valence-corrected chi connectivity index (χ1v) is 7.95. The van der Waals surface area contributed by atoms with E-state index in [1.165, 1.54) is 9.79 Å². The summed E-state index contributed by atoms with van der Waals surface area (Å²) in [5, 5.41) is 0. The molecule has 18 heavy (non-hydrogen) atoms. The minimum absolute atomic E-state index is 0.0613. The maximum Gasteiger partial charge on any atom is 0.0318 e. The van der Waals surface area contributed by atoms with Gasteiger partial charge in [0.2, 0.25) is 0 Å². The van der Waals surface area contributed by atoms with Gasteiger partial charge >= 0.3 is 0 Å². The minimum Gasteiger partial charge on any atom is -0.324 e. The Morgan fingerprint density at radius 2 is 1.89 bits per heavy atom. The van der Waals surface area contributed by atoms with E-state index in [2.05, 4.69) is 62.2 Å². The quantitative estimate of drug-likeness (QED) is 0.765. The van der Waals surface area contributed by atoms with Gasteiger partial charge in [-0.15, -0.1) is 0 Å². The van der Waals surface area contributed by atoms with Crippen LogP contribution in [0.5, 0.6) is 0 Å². The fourth-order valence-corrected chi connectivity index (χ4v) is 3.61. The van der Waals surface area contributed by atoms with Gasteiger partial charge in [0.25, 0.3) is 0 Å². The van der Waals surface area contributed by atoms with Gasteiger partial charge in [0.05, 0.1) is 0 Å². The van der Waals surface area contributed by atoms with Crippen molar-refractivity contribution in [3.8, 4) is 0 Å². The summed E-state index contributed by atoms with van der Waals surface area (Å²) in [6.07, 6.45) is 0. The fourth-order valence-electron chi connectivity index (χ4n) is 1.54. The molecule has 0 aromatic heterocycles. The Kier molecular flexibility index (Phi) is 4.90. The van der Waals surface area contributed by atoms with E-state index in [9.17, 15) is 0 Å². The van der Waals surface area contributed by atoms with Crippen LogP contribution in [0, 0.1) is 0 Å². The fraction of sp³-hybridized carbons (Fsp3) is 0.143. The van der Waals surface area contributed by atoms with Crippen molar-refractivity contribution in [2.45, 2.75) is 22.8 Å². The summed E-state index contributed by atoms with van der Waals surface area (Å²) in [5.41, 5.74) is 7.01. The van der Waals surface area contributed by atoms with E-state index in [0.29, 0.717) is 0 Å². The Morgan fingerprint density at radius 3 is 2.50 bits per heavy atom. The van der Waals surface area contributed by atoms with Crippen molar-refractivity contribution in [3.05, 3.63) is 57.0 Å². The summed E-state index contributed by atoms with van der Waals surface area (Å²) in [6.45, 7) is 1.99. The first-order chi connectivity index (χ1) is 8.56. The third-order valence-corrected chi connectivity index (χ3v) is 4.98. The molecule has 0 fully saturated rings. The summed E-state index contributed by atoms with van der Waals surface area (Å²) >= 11 is 8.82. The Bertz CT molecular complexity index is 555. The van der Waals surface area contributed by atoms with E-state index in [0.717, 1.165) is 14.5 Å². The highest BCUT2D eigenvalue weighted by atomic mass is 79.9. The Morgan fingerprint density at radius 1 is 1.11 bits per heavy atom. The van der Waals surface area contributed by atoms with Crippen LogP contribution in [0.3, 0.4) is 0 Å². The lowest BCUT2D eigenvalue weighted by molar-refractivity contribution is 0.815. The predicted octanol–water partition coefficient (Wildman–Crippen LogP) is 5.38. The lowest BCUT2D eigenvalue weighted by atomic mass is 10.1. The van der Waals surface area contributed by atoms with Crippen molar-refractivity contribution in [3.63, 3.8) is 0 Å². The predicted molar refractivity (Wildman–Crippen MR) is 85.0 cm³/mol. The van der Waals surface area contributed by atoms with E-state index < -0.39 is 0 Å². The maximum absolute atomic E-state index is 5.87. The molecule has 0 aliphatic rings. The number of nitrogens with two attached hydrogens (primary N) is 1. The SMILES string of the molecule is CC(N)c1ccc(Sc2cccc(Br)c2)c(Br)c1. The molecule has 1 unspecified atom stereocenters. The number of hydrogen-bond donors (Lipinski definition) is 1. The zero-order valence-corrected chi connectivity index (χ0v) is 13.8. The minimum atomic E-state index is 0.0613. The molecule has 0 radical (unpaired) electrons. The molecule has 0 aliphatic carbocycles. The van der Waals surface area contributed by atoms with Gasteiger partial charge in [-0.25, -0.2) is 0 Å². The van der Waals surface area contributed by atoms with Crippen LogP contribution in [0.1, 0.15) is 18.5 Å². The third kappa shape index (κ3) is 3.60. The number of halogens is 2. The van der Waals surface area contributed by atoms with Gasteiger partial charge in [0.15, 0.2) is 0 Å². The summed E-state index contributed by atoms with van der Waals surface area (Å²) in [5.74, 6) is 0. The molecule has 1 nitrogen and oxygen atoms in total. The Balaban J connectivity index is 2.24. The Labute approximate surface area is 128 Å². The van der Waals surface area contributed by atoms with Crippen molar-refractivity contribution >= 4 is 43.6 Å². The molecule has 0 heterocycles. The van der Waals surface area contributed by atoms with Gasteiger partial charge in [-0.3, -0.25) is 0 Å². The molecule has 2 rings (SSSR count). The normalized spacial score (nSPS) is 12.4. The molecule has 0 aliphatic heterocycles. The molecule has 0 bridgehead atoms. The van der Waals surface area contributed by atoms with Crippen molar-refractivity contribution in [2.24, 2.45) is 5.73 Å². The van der Waals surface area contributed by atoms with Crippen molar-refractivity contribution in [1.29, 1.82) is 0 Å². The molecular formula is C14H13Br2NS. The number of benzene rings is 2. The van der Waals surface area contributed by atoms with Crippen LogP contribution in [-0.4, -0.2) is 0 Å². The maximum atomic E-state index is 5.87. The molecule has 2 N–H and O–H groups in total. The van der Waals surface area contributed by atoms with E-state index in [-0.39, 0.29) is 6.04 Å². The smallest absolute Gasteiger partial charge is 0.0318 e. The second kappa shape index (κ2) is 6.24. The van der Waals surface area contributed by atoms with Crippen LogP contribution < -0.4 is 5.73 Å². The molecule has 94 valence electrons. The van der Waals surface area contributed by atoms with Crippen LogP contribution in [0.2, 0.25) is 0 Å². The summed E-state index contributed by atoms with van der Waals surface area (Å²) in [7, 11) is 0. The van der Waals surface area contributed by atoms with E-state index in [1.54, 1.807) is 11.8 Å². The van der Waals surface area contributed by atoms with Gasteiger partial charge in [-0.1, -0.05) is 39.8 Å². The van der Waals surface area contributed by atoms with Crippen LogP contribution >= 0.6 is 43.6 Å².